The van der Waals surface area contributed by atoms with Gasteiger partial charge >= 0.3 is 5.97 Å². The van der Waals surface area contributed by atoms with Gasteiger partial charge in [0.25, 0.3) is 0 Å². The molecular formula is C15H14BrNO4. The molecule has 6 heteroatoms. The Hall–Kier alpha value is -2.08. The summed E-state index contributed by atoms with van der Waals surface area (Å²) in [6.07, 6.45) is 3.09. The number of hydrogen-bond acceptors (Lipinski definition) is 5. The first-order valence-corrected chi connectivity index (χ1v) is 6.92. The fourth-order valence-corrected chi connectivity index (χ4v) is 2.16. The zero-order valence-electron chi connectivity index (χ0n) is 11.6. The summed E-state index contributed by atoms with van der Waals surface area (Å²) < 4.78 is 16.5. The van der Waals surface area contributed by atoms with Crippen LogP contribution in [0.4, 0.5) is 0 Å². The third-order valence-electron chi connectivity index (χ3n) is 2.83. The smallest absolute Gasteiger partial charge is 0.338 e. The minimum Gasteiger partial charge on any atom is -0.493 e. The molecule has 21 heavy (non-hydrogen) atoms. The number of nitrogens with zero attached hydrogens (tertiary/aromatic N) is 1. The predicted molar refractivity (Wildman–Crippen MR) is 80.6 cm³/mol. The van der Waals surface area contributed by atoms with E-state index in [0.29, 0.717) is 17.1 Å². The average Bonchev–Trinajstić information content (AvgIpc) is 2.53. The number of aromatic nitrogens is 1. The first-order valence-electron chi connectivity index (χ1n) is 6.13. The van der Waals surface area contributed by atoms with Crippen LogP contribution in [0.15, 0.2) is 41.1 Å². The van der Waals surface area contributed by atoms with Crippen LogP contribution < -0.4 is 9.47 Å². The van der Waals surface area contributed by atoms with E-state index in [9.17, 15) is 4.79 Å². The van der Waals surface area contributed by atoms with Crippen molar-refractivity contribution < 1.29 is 19.0 Å². The molecule has 2 aromatic rings. The SMILES string of the molecule is COc1cc(Br)c(COC(=O)c2ccncc2)cc1OC. The summed E-state index contributed by atoms with van der Waals surface area (Å²) in [7, 11) is 3.12. The largest absolute Gasteiger partial charge is 0.493 e. The van der Waals surface area contributed by atoms with Crippen LogP contribution in [0.2, 0.25) is 0 Å². The van der Waals surface area contributed by atoms with E-state index < -0.39 is 5.97 Å². The van der Waals surface area contributed by atoms with Gasteiger partial charge in [-0.1, -0.05) is 15.9 Å². The lowest BCUT2D eigenvalue weighted by molar-refractivity contribution is 0.0471. The molecule has 0 aliphatic rings. The predicted octanol–water partition coefficient (Wildman–Crippen LogP) is 3.22. The van der Waals surface area contributed by atoms with Crippen molar-refractivity contribution in [1.82, 2.24) is 4.98 Å². The molecule has 1 aromatic heterocycles. The Morgan fingerprint density at radius 2 is 1.76 bits per heavy atom. The van der Waals surface area contributed by atoms with E-state index in [1.807, 2.05) is 0 Å². The highest BCUT2D eigenvalue weighted by atomic mass is 79.9. The molecule has 110 valence electrons. The van der Waals surface area contributed by atoms with Gasteiger partial charge in [-0.05, 0) is 24.3 Å². The Labute approximate surface area is 131 Å². The standard InChI is InChI=1S/C15H14BrNO4/c1-19-13-7-11(12(16)8-14(13)20-2)9-21-15(18)10-3-5-17-6-4-10/h3-8H,9H2,1-2H3. The van der Waals surface area contributed by atoms with E-state index in [0.717, 1.165) is 10.0 Å². The van der Waals surface area contributed by atoms with Crippen molar-refractivity contribution in [3.63, 3.8) is 0 Å². The second-order valence-electron chi connectivity index (χ2n) is 4.11. The van der Waals surface area contributed by atoms with Crippen LogP contribution in [0.25, 0.3) is 0 Å². The number of halogens is 1. The lowest BCUT2D eigenvalue weighted by Gasteiger charge is -2.12. The van der Waals surface area contributed by atoms with Gasteiger partial charge < -0.3 is 14.2 Å². The third kappa shape index (κ3) is 3.72. The fourth-order valence-electron chi connectivity index (χ4n) is 1.72. The zero-order chi connectivity index (χ0) is 15.2. The number of carbonyl (C=O) groups excluding carboxylic acids is 1. The van der Waals surface area contributed by atoms with Crippen LogP contribution in [0.3, 0.4) is 0 Å². The van der Waals surface area contributed by atoms with E-state index in [1.165, 1.54) is 0 Å². The molecule has 0 aliphatic heterocycles. The van der Waals surface area contributed by atoms with Crippen LogP contribution in [0.1, 0.15) is 15.9 Å². The molecule has 0 spiro atoms. The maximum Gasteiger partial charge on any atom is 0.338 e. The van der Waals surface area contributed by atoms with E-state index in [1.54, 1.807) is 50.9 Å². The van der Waals surface area contributed by atoms with Gasteiger partial charge in [-0.15, -0.1) is 0 Å². The minimum atomic E-state index is -0.404. The minimum absolute atomic E-state index is 0.127. The van der Waals surface area contributed by atoms with Gasteiger partial charge in [0.05, 0.1) is 19.8 Å². The second kappa shape index (κ2) is 7.08. The van der Waals surface area contributed by atoms with Crippen molar-refractivity contribution in [2.45, 2.75) is 6.61 Å². The summed E-state index contributed by atoms with van der Waals surface area (Å²) in [5.41, 5.74) is 1.25. The topological polar surface area (TPSA) is 57.7 Å². The van der Waals surface area contributed by atoms with Gasteiger partial charge in [-0.2, -0.15) is 0 Å². The molecule has 1 heterocycles. The molecule has 1 aromatic carbocycles. The Morgan fingerprint density at radius 3 is 2.38 bits per heavy atom. The molecule has 0 N–H and O–H groups in total. The van der Waals surface area contributed by atoms with Gasteiger partial charge in [0.1, 0.15) is 6.61 Å². The Balaban J connectivity index is 2.11. The highest BCUT2D eigenvalue weighted by Gasteiger charge is 2.12. The van der Waals surface area contributed by atoms with Crippen molar-refractivity contribution in [3.05, 3.63) is 52.3 Å². The van der Waals surface area contributed by atoms with Gasteiger partial charge in [-0.25, -0.2) is 4.79 Å². The van der Waals surface area contributed by atoms with E-state index in [2.05, 4.69) is 20.9 Å². The number of ether oxygens (including phenoxy) is 3. The monoisotopic (exact) mass is 351 g/mol. The van der Waals surface area contributed by atoms with Crippen LogP contribution in [0, 0.1) is 0 Å². The van der Waals surface area contributed by atoms with Crippen LogP contribution in [0.5, 0.6) is 11.5 Å². The van der Waals surface area contributed by atoms with Crippen molar-refractivity contribution in [2.24, 2.45) is 0 Å². The normalized spacial score (nSPS) is 10.0. The number of esters is 1. The Kier molecular flexibility index (Phi) is 5.16. The molecule has 2 rings (SSSR count). The summed E-state index contributed by atoms with van der Waals surface area (Å²) in [5, 5.41) is 0. The lowest BCUT2D eigenvalue weighted by atomic mass is 10.2. The quantitative estimate of drug-likeness (QED) is 0.774. The average molecular weight is 352 g/mol. The molecule has 0 atom stereocenters. The molecule has 0 aliphatic carbocycles. The van der Waals surface area contributed by atoms with Crippen LogP contribution in [-0.4, -0.2) is 25.2 Å². The van der Waals surface area contributed by atoms with E-state index in [4.69, 9.17) is 14.2 Å². The van der Waals surface area contributed by atoms with Crippen molar-refractivity contribution in [2.75, 3.05) is 14.2 Å². The molecule has 0 amide bonds. The van der Waals surface area contributed by atoms with Gasteiger partial charge in [0.2, 0.25) is 0 Å². The van der Waals surface area contributed by atoms with Crippen molar-refractivity contribution in [3.8, 4) is 11.5 Å². The maximum absolute atomic E-state index is 11.9. The van der Waals surface area contributed by atoms with Crippen molar-refractivity contribution in [1.29, 1.82) is 0 Å². The fraction of sp³-hybridized carbons (Fsp3) is 0.200. The van der Waals surface area contributed by atoms with Gasteiger partial charge in [0.15, 0.2) is 11.5 Å². The van der Waals surface area contributed by atoms with Gasteiger partial charge in [0, 0.05) is 22.4 Å². The summed E-state index contributed by atoms with van der Waals surface area (Å²) in [6, 6.07) is 6.75. The van der Waals surface area contributed by atoms with Gasteiger partial charge in [-0.3, -0.25) is 4.98 Å². The number of pyridine rings is 1. The molecule has 0 radical (unpaired) electrons. The molecule has 0 unspecified atom stereocenters. The highest BCUT2D eigenvalue weighted by Crippen LogP contribution is 2.33. The Bertz CT molecular complexity index is 631. The second-order valence-corrected chi connectivity index (χ2v) is 4.96. The number of benzene rings is 1. The highest BCUT2D eigenvalue weighted by molar-refractivity contribution is 9.10. The third-order valence-corrected chi connectivity index (χ3v) is 3.57. The first kappa shape index (κ1) is 15.3. The van der Waals surface area contributed by atoms with E-state index in [-0.39, 0.29) is 6.61 Å². The zero-order valence-corrected chi connectivity index (χ0v) is 13.2. The first-order chi connectivity index (χ1) is 10.2. The molecule has 5 nitrogen and oxygen atoms in total. The molecule has 0 fully saturated rings. The van der Waals surface area contributed by atoms with Crippen LogP contribution in [-0.2, 0) is 11.3 Å². The Morgan fingerprint density at radius 1 is 1.14 bits per heavy atom. The number of rotatable bonds is 5. The maximum atomic E-state index is 11.9. The summed E-state index contributed by atoms with van der Waals surface area (Å²) >= 11 is 3.42. The summed E-state index contributed by atoms with van der Waals surface area (Å²) in [6.45, 7) is 0.127. The summed E-state index contributed by atoms with van der Waals surface area (Å²) in [5.74, 6) is 0.781. The van der Waals surface area contributed by atoms with E-state index >= 15 is 0 Å². The summed E-state index contributed by atoms with van der Waals surface area (Å²) in [4.78, 5) is 15.7. The van der Waals surface area contributed by atoms with Crippen molar-refractivity contribution >= 4 is 21.9 Å². The lowest BCUT2D eigenvalue weighted by Crippen LogP contribution is -2.06. The number of hydrogen-bond donors (Lipinski definition) is 0. The van der Waals surface area contributed by atoms with Crippen LogP contribution >= 0.6 is 15.9 Å². The number of methoxy groups -OCH3 is 2. The molecule has 0 saturated heterocycles. The molecule has 0 bridgehead atoms. The molecule has 0 saturated carbocycles. The molecular weight excluding hydrogens is 338 g/mol. The number of carbonyl (C=O) groups is 1.